The SMILES string of the molecule is C[C@@H]1C[C@@H](C)CN(Cc2csc(NC(=O)[C@@H]3CC=CCC3)n2)C1. The first-order chi connectivity index (χ1) is 11.1. The number of amides is 1. The van der Waals surface area contributed by atoms with Crippen LogP contribution in [0.15, 0.2) is 17.5 Å². The van der Waals surface area contributed by atoms with Crippen LogP contribution in [0.25, 0.3) is 0 Å². The Bertz CT molecular complexity index is 558. The number of nitrogens with one attached hydrogen (secondary N) is 1. The molecule has 0 aromatic carbocycles. The molecule has 2 aliphatic rings. The molecule has 1 aliphatic carbocycles. The normalized spacial score (nSPS) is 28.7. The molecule has 0 radical (unpaired) electrons. The highest BCUT2D eigenvalue weighted by Crippen LogP contribution is 2.25. The van der Waals surface area contributed by atoms with Gasteiger partial charge in [0.2, 0.25) is 5.91 Å². The molecule has 3 rings (SSSR count). The number of likely N-dealkylation sites (tertiary alicyclic amines) is 1. The van der Waals surface area contributed by atoms with E-state index in [2.05, 4.69) is 46.6 Å². The van der Waals surface area contributed by atoms with Gasteiger partial charge in [-0.05, 0) is 37.5 Å². The van der Waals surface area contributed by atoms with Crippen LogP contribution < -0.4 is 5.32 Å². The number of aromatic nitrogens is 1. The van der Waals surface area contributed by atoms with Gasteiger partial charge in [-0.3, -0.25) is 9.69 Å². The van der Waals surface area contributed by atoms with Crippen LogP contribution in [0.3, 0.4) is 0 Å². The van der Waals surface area contributed by atoms with Crippen molar-refractivity contribution in [1.82, 2.24) is 9.88 Å². The van der Waals surface area contributed by atoms with E-state index in [4.69, 9.17) is 0 Å². The van der Waals surface area contributed by atoms with Crippen molar-refractivity contribution in [3.05, 3.63) is 23.2 Å². The third-order valence-corrected chi connectivity index (χ3v) is 5.56. The molecule has 1 N–H and O–H groups in total. The topological polar surface area (TPSA) is 45.2 Å². The van der Waals surface area contributed by atoms with Crippen molar-refractivity contribution < 1.29 is 4.79 Å². The fourth-order valence-corrected chi connectivity index (χ4v) is 4.53. The van der Waals surface area contributed by atoms with Gasteiger partial charge in [-0.25, -0.2) is 4.98 Å². The molecule has 4 nitrogen and oxygen atoms in total. The minimum Gasteiger partial charge on any atom is -0.302 e. The van der Waals surface area contributed by atoms with Gasteiger partial charge in [-0.15, -0.1) is 11.3 Å². The molecule has 0 spiro atoms. The van der Waals surface area contributed by atoms with Gasteiger partial charge in [-0.2, -0.15) is 0 Å². The van der Waals surface area contributed by atoms with Gasteiger partial charge < -0.3 is 5.32 Å². The zero-order valence-electron chi connectivity index (χ0n) is 14.1. The zero-order valence-corrected chi connectivity index (χ0v) is 14.9. The van der Waals surface area contributed by atoms with Crippen molar-refractivity contribution in [2.45, 2.75) is 46.1 Å². The summed E-state index contributed by atoms with van der Waals surface area (Å²) in [6, 6.07) is 0. The summed E-state index contributed by atoms with van der Waals surface area (Å²) in [7, 11) is 0. The third kappa shape index (κ3) is 4.64. The third-order valence-electron chi connectivity index (χ3n) is 4.75. The standard InChI is InChI=1S/C18H27N3OS/c1-13-8-14(2)10-21(9-13)11-16-12-23-18(19-16)20-17(22)15-6-4-3-5-7-15/h3-4,12-15H,5-11H2,1-2H3,(H,19,20,22)/t13-,14-,15-/m1/s1. The number of rotatable bonds is 4. The molecule has 1 amide bonds. The summed E-state index contributed by atoms with van der Waals surface area (Å²) in [6.45, 7) is 7.85. The minimum atomic E-state index is 0.108. The molecular formula is C18H27N3OS. The van der Waals surface area contributed by atoms with Crippen molar-refractivity contribution in [2.75, 3.05) is 18.4 Å². The fourth-order valence-electron chi connectivity index (χ4n) is 3.83. The average molecular weight is 334 g/mol. The molecule has 1 saturated heterocycles. The van der Waals surface area contributed by atoms with Gasteiger partial charge >= 0.3 is 0 Å². The Morgan fingerprint density at radius 3 is 2.83 bits per heavy atom. The second-order valence-electron chi connectivity index (χ2n) is 7.25. The van der Waals surface area contributed by atoms with Gasteiger partial charge in [0.25, 0.3) is 0 Å². The Kier molecular flexibility index (Phi) is 5.49. The number of allylic oxidation sites excluding steroid dienone is 2. The first kappa shape index (κ1) is 16.7. The second kappa shape index (κ2) is 7.58. The fraction of sp³-hybridized carbons (Fsp3) is 0.667. The molecule has 0 bridgehead atoms. The Morgan fingerprint density at radius 2 is 2.13 bits per heavy atom. The monoisotopic (exact) mass is 333 g/mol. The highest BCUT2D eigenvalue weighted by Gasteiger charge is 2.23. The van der Waals surface area contributed by atoms with E-state index in [1.807, 2.05) is 0 Å². The van der Waals surface area contributed by atoms with Crippen LogP contribution in [0.2, 0.25) is 0 Å². The molecule has 23 heavy (non-hydrogen) atoms. The first-order valence-electron chi connectivity index (χ1n) is 8.72. The number of anilines is 1. The Labute approximate surface area is 143 Å². The average Bonchev–Trinajstić information content (AvgIpc) is 2.94. The smallest absolute Gasteiger partial charge is 0.229 e. The Morgan fingerprint density at radius 1 is 1.35 bits per heavy atom. The summed E-state index contributed by atoms with van der Waals surface area (Å²) in [5.74, 6) is 1.75. The van der Waals surface area contributed by atoms with E-state index >= 15 is 0 Å². The van der Waals surface area contributed by atoms with E-state index in [0.717, 1.165) is 61.6 Å². The molecule has 126 valence electrons. The molecule has 1 aromatic rings. The molecule has 0 unspecified atom stereocenters. The lowest BCUT2D eigenvalue weighted by Gasteiger charge is -2.34. The number of carbonyl (C=O) groups excluding carboxylic acids is 1. The van der Waals surface area contributed by atoms with E-state index < -0.39 is 0 Å². The highest BCUT2D eigenvalue weighted by atomic mass is 32.1. The van der Waals surface area contributed by atoms with Gasteiger partial charge in [0.05, 0.1) is 5.69 Å². The molecule has 1 aliphatic heterocycles. The predicted molar refractivity (Wildman–Crippen MR) is 95.4 cm³/mol. The number of hydrogen-bond acceptors (Lipinski definition) is 4. The van der Waals surface area contributed by atoms with Crippen LogP contribution in [-0.4, -0.2) is 28.9 Å². The second-order valence-corrected chi connectivity index (χ2v) is 8.11. The van der Waals surface area contributed by atoms with Crippen LogP contribution in [0.5, 0.6) is 0 Å². The van der Waals surface area contributed by atoms with Crippen LogP contribution in [0.1, 0.15) is 45.2 Å². The summed E-state index contributed by atoms with van der Waals surface area (Å²) in [4.78, 5) is 19.4. The first-order valence-corrected chi connectivity index (χ1v) is 9.60. The van der Waals surface area contributed by atoms with E-state index in [9.17, 15) is 4.79 Å². The summed E-state index contributed by atoms with van der Waals surface area (Å²) in [6.07, 6.45) is 8.40. The molecule has 1 aromatic heterocycles. The molecule has 1 fully saturated rings. The molecule has 2 heterocycles. The van der Waals surface area contributed by atoms with Gasteiger partial charge in [0.1, 0.15) is 0 Å². The van der Waals surface area contributed by atoms with E-state index in [0.29, 0.717) is 0 Å². The number of thiazole rings is 1. The lowest BCUT2D eigenvalue weighted by atomic mass is 9.92. The van der Waals surface area contributed by atoms with Gasteiger partial charge in [0, 0.05) is 30.9 Å². The van der Waals surface area contributed by atoms with Crippen LogP contribution in [0, 0.1) is 17.8 Å². The molecule has 0 saturated carbocycles. The molecular weight excluding hydrogens is 306 g/mol. The largest absolute Gasteiger partial charge is 0.302 e. The predicted octanol–water partition coefficient (Wildman–Crippen LogP) is 3.92. The summed E-state index contributed by atoms with van der Waals surface area (Å²) < 4.78 is 0. The summed E-state index contributed by atoms with van der Waals surface area (Å²) in [5.41, 5.74) is 1.08. The maximum Gasteiger partial charge on any atom is 0.229 e. The molecule has 5 heteroatoms. The van der Waals surface area contributed by atoms with E-state index in [1.165, 1.54) is 6.42 Å². The zero-order chi connectivity index (χ0) is 16.2. The van der Waals surface area contributed by atoms with Crippen LogP contribution in [-0.2, 0) is 11.3 Å². The van der Waals surface area contributed by atoms with E-state index in [-0.39, 0.29) is 11.8 Å². The maximum atomic E-state index is 12.3. The van der Waals surface area contributed by atoms with Crippen LogP contribution in [0.4, 0.5) is 5.13 Å². The highest BCUT2D eigenvalue weighted by molar-refractivity contribution is 7.13. The van der Waals surface area contributed by atoms with Crippen LogP contribution >= 0.6 is 11.3 Å². The lowest BCUT2D eigenvalue weighted by molar-refractivity contribution is -0.120. The summed E-state index contributed by atoms with van der Waals surface area (Å²) in [5, 5.41) is 5.83. The van der Waals surface area contributed by atoms with Gasteiger partial charge in [-0.1, -0.05) is 26.0 Å². The number of piperidine rings is 1. The molecule has 3 atom stereocenters. The van der Waals surface area contributed by atoms with Gasteiger partial charge in [0.15, 0.2) is 5.13 Å². The van der Waals surface area contributed by atoms with Crippen molar-refractivity contribution >= 4 is 22.4 Å². The summed E-state index contributed by atoms with van der Waals surface area (Å²) >= 11 is 1.54. The number of hydrogen-bond donors (Lipinski definition) is 1. The minimum absolute atomic E-state index is 0.108. The number of nitrogens with zero attached hydrogens (tertiary/aromatic N) is 2. The van der Waals surface area contributed by atoms with Crippen molar-refractivity contribution in [2.24, 2.45) is 17.8 Å². The maximum absolute atomic E-state index is 12.3. The lowest BCUT2D eigenvalue weighted by Crippen LogP contribution is -2.38. The quantitative estimate of drug-likeness (QED) is 0.850. The van der Waals surface area contributed by atoms with Crippen molar-refractivity contribution in [3.8, 4) is 0 Å². The van der Waals surface area contributed by atoms with E-state index in [1.54, 1.807) is 11.3 Å². The van der Waals surface area contributed by atoms with Crippen molar-refractivity contribution in [3.63, 3.8) is 0 Å². The van der Waals surface area contributed by atoms with Crippen molar-refractivity contribution in [1.29, 1.82) is 0 Å². The number of carbonyl (C=O) groups is 1. The Hall–Kier alpha value is -1.20. The Balaban J connectivity index is 1.53.